The predicted molar refractivity (Wildman–Crippen MR) is 120 cm³/mol. The first-order chi connectivity index (χ1) is 14.3. The molecule has 3 aromatic carbocycles. The van der Waals surface area contributed by atoms with Gasteiger partial charge >= 0.3 is 0 Å². The standard InChI is InChI=1S/C25H27N3O/c1-21-10-12-24(13-11-21)27-14-16-28(17-15-27)26-19-23-8-5-9-25(18-23)29-20-22-6-3-2-4-7-22/h2-13,18-19H,14-17,20H2,1H3. The molecule has 0 aromatic heterocycles. The van der Waals surface area contributed by atoms with E-state index in [1.807, 2.05) is 42.6 Å². The normalized spacial score (nSPS) is 14.4. The minimum Gasteiger partial charge on any atom is -0.489 e. The summed E-state index contributed by atoms with van der Waals surface area (Å²) >= 11 is 0. The second kappa shape index (κ2) is 9.28. The van der Waals surface area contributed by atoms with Gasteiger partial charge in [-0.2, -0.15) is 5.10 Å². The van der Waals surface area contributed by atoms with Gasteiger partial charge < -0.3 is 9.64 Å². The van der Waals surface area contributed by atoms with Crippen LogP contribution in [0.25, 0.3) is 0 Å². The summed E-state index contributed by atoms with van der Waals surface area (Å²) in [5.74, 6) is 0.863. The fourth-order valence-corrected chi connectivity index (χ4v) is 3.40. The number of hydrogen-bond acceptors (Lipinski definition) is 4. The van der Waals surface area contributed by atoms with Crippen LogP contribution in [0.2, 0.25) is 0 Å². The fraction of sp³-hybridized carbons (Fsp3) is 0.240. The number of ether oxygens (including phenoxy) is 1. The largest absolute Gasteiger partial charge is 0.489 e. The number of benzene rings is 3. The van der Waals surface area contributed by atoms with E-state index in [0.717, 1.165) is 43.1 Å². The van der Waals surface area contributed by atoms with Crippen molar-refractivity contribution in [3.63, 3.8) is 0 Å². The Balaban J connectivity index is 1.30. The Kier molecular flexibility index (Phi) is 6.10. The van der Waals surface area contributed by atoms with Crippen LogP contribution in [-0.2, 0) is 6.61 Å². The van der Waals surface area contributed by atoms with Crippen LogP contribution in [0.15, 0.2) is 84.0 Å². The molecule has 0 bridgehead atoms. The molecule has 0 unspecified atom stereocenters. The van der Waals surface area contributed by atoms with Gasteiger partial charge in [0.15, 0.2) is 0 Å². The predicted octanol–water partition coefficient (Wildman–Crippen LogP) is 4.73. The van der Waals surface area contributed by atoms with Gasteiger partial charge in [-0.1, -0.05) is 60.2 Å². The first-order valence-corrected chi connectivity index (χ1v) is 10.1. The van der Waals surface area contributed by atoms with Crippen molar-refractivity contribution in [1.82, 2.24) is 5.01 Å². The van der Waals surface area contributed by atoms with Gasteiger partial charge in [0, 0.05) is 18.8 Å². The number of hydrogen-bond donors (Lipinski definition) is 0. The molecule has 3 aromatic rings. The van der Waals surface area contributed by atoms with Gasteiger partial charge in [-0.3, -0.25) is 5.01 Å². The van der Waals surface area contributed by atoms with Crippen LogP contribution in [0.1, 0.15) is 16.7 Å². The number of aryl methyl sites for hydroxylation is 1. The molecule has 0 N–H and O–H groups in total. The smallest absolute Gasteiger partial charge is 0.120 e. The summed E-state index contributed by atoms with van der Waals surface area (Å²) in [6.07, 6.45) is 1.93. The van der Waals surface area contributed by atoms with Crippen LogP contribution in [0.4, 0.5) is 5.69 Å². The lowest BCUT2D eigenvalue weighted by atomic mass is 10.2. The highest BCUT2D eigenvalue weighted by atomic mass is 16.5. The Morgan fingerprint density at radius 3 is 2.38 bits per heavy atom. The zero-order valence-electron chi connectivity index (χ0n) is 16.9. The molecule has 0 atom stereocenters. The highest BCUT2D eigenvalue weighted by Gasteiger charge is 2.15. The zero-order valence-corrected chi connectivity index (χ0v) is 16.9. The van der Waals surface area contributed by atoms with E-state index in [2.05, 4.69) is 64.4 Å². The van der Waals surface area contributed by atoms with Gasteiger partial charge in [0.25, 0.3) is 0 Å². The minimum atomic E-state index is 0.572. The summed E-state index contributed by atoms with van der Waals surface area (Å²) in [5.41, 5.74) is 4.81. The maximum Gasteiger partial charge on any atom is 0.120 e. The van der Waals surface area contributed by atoms with Crippen LogP contribution in [0.5, 0.6) is 5.75 Å². The fourth-order valence-electron chi connectivity index (χ4n) is 3.40. The molecule has 0 radical (unpaired) electrons. The molecule has 0 amide bonds. The lowest BCUT2D eigenvalue weighted by molar-refractivity contribution is 0.272. The highest BCUT2D eigenvalue weighted by Crippen LogP contribution is 2.18. The molecule has 1 heterocycles. The SMILES string of the molecule is Cc1ccc(N2CCN(N=Cc3cccc(OCc4ccccc4)c3)CC2)cc1. The number of hydrazone groups is 1. The first-order valence-electron chi connectivity index (χ1n) is 10.1. The molecule has 1 aliphatic rings. The molecule has 0 aliphatic carbocycles. The van der Waals surface area contributed by atoms with Crippen LogP contribution < -0.4 is 9.64 Å². The highest BCUT2D eigenvalue weighted by molar-refractivity contribution is 5.80. The van der Waals surface area contributed by atoms with Crippen molar-refractivity contribution in [1.29, 1.82) is 0 Å². The summed E-state index contributed by atoms with van der Waals surface area (Å²) in [4.78, 5) is 2.42. The average Bonchev–Trinajstić information content (AvgIpc) is 2.78. The van der Waals surface area contributed by atoms with E-state index < -0.39 is 0 Å². The Morgan fingerprint density at radius 1 is 0.862 bits per heavy atom. The molecular weight excluding hydrogens is 358 g/mol. The van der Waals surface area contributed by atoms with Gasteiger partial charge in [-0.15, -0.1) is 0 Å². The van der Waals surface area contributed by atoms with Crippen molar-refractivity contribution in [2.24, 2.45) is 5.10 Å². The van der Waals surface area contributed by atoms with Gasteiger partial charge in [0.05, 0.1) is 19.3 Å². The van der Waals surface area contributed by atoms with Crippen molar-refractivity contribution in [3.8, 4) is 5.75 Å². The van der Waals surface area contributed by atoms with Crippen LogP contribution in [0.3, 0.4) is 0 Å². The van der Waals surface area contributed by atoms with Crippen LogP contribution >= 0.6 is 0 Å². The molecule has 4 rings (SSSR count). The summed E-state index contributed by atoms with van der Waals surface area (Å²) in [6.45, 7) is 6.52. The lowest BCUT2D eigenvalue weighted by Crippen LogP contribution is -2.44. The average molecular weight is 386 g/mol. The topological polar surface area (TPSA) is 28.1 Å². The molecule has 1 fully saturated rings. The molecule has 148 valence electrons. The van der Waals surface area contributed by atoms with Crippen molar-refractivity contribution in [2.45, 2.75) is 13.5 Å². The Labute approximate surface area is 173 Å². The number of anilines is 1. The van der Waals surface area contributed by atoms with Crippen molar-refractivity contribution < 1.29 is 4.74 Å². The zero-order chi connectivity index (χ0) is 19.9. The number of nitrogens with zero attached hydrogens (tertiary/aromatic N) is 3. The van der Waals surface area contributed by atoms with Gasteiger partial charge in [-0.25, -0.2) is 0 Å². The van der Waals surface area contributed by atoms with E-state index in [0.29, 0.717) is 6.61 Å². The first kappa shape index (κ1) is 19.1. The van der Waals surface area contributed by atoms with Crippen LogP contribution in [-0.4, -0.2) is 37.4 Å². The van der Waals surface area contributed by atoms with E-state index in [-0.39, 0.29) is 0 Å². The molecule has 0 saturated carbocycles. The molecule has 1 aliphatic heterocycles. The minimum absolute atomic E-state index is 0.572. The Bertz CT molecular complexity index is 930. The van der Waals surface area contributed by atoms with Gasteiger partial charge in [-0.05, 0) is 42.3 Å². The monoisotopic (exact) mass is 385 g/mol. The molecule has 4 nitrogen and oxygen atoms in total. The third-order valence-electron chi connectivity index (χ3n) is 5.13. The van der Waals surface area contributed by atoms with Crippen molar-refractivity contribution in [2.75, 3.05) is 31.1 Å². The summed E-state index contributed by atoms with van der Waals surface area (Å²) in [5, 5.41) is 6.82. The van der Waals surface area contributed by atoms with E-state index in [1.165, 1.54) is 11.3 Å². The van der Waals surface area contributed by atoms with Gasteiger partial charge in [0.1, 0.15) is 12.4 Å². The van der Waals surface area contributed by atoms with Gasteiger partial charge in [0.2, 0.25) is 0 Å². The summed E-state index contributed by atoms with van der Waals surface area (Å²) < 4.78 is 5.91. The Morgan fingerprint density at radius 2 is 1.62 bits per heavy atom. The summed E-state index contributed by atoms with van der Waals surface area (Å²) in [7, 11) is 0. The van der Waals surface area contributed by atoms with Crippen molar-refractivity contribution in [3.05, 3.63) is 95.6 Å². The maximum atomic E-state index is 5.91. The second-order valence-corrected chi connectivity index (χ2v) is 7.37. The summed E-state index contributed by atoms with van der Waals surface area (Å²) in [6, 6.07) is 27.1. The molecule has 1 saturated heterocycles. The molecule has 4 heteroatoms. The molecule has 0 spiro atoms. The lowest BCUT2D eigenvalue weighted by Gasteiger charge is -2.34. The van der Waals surface area contributed by atoms with E-state index in [9.17, 15) is 0 Å². The molecular formula is C25H27N3O. The van der Waals surface area contributed by atoms with E-state index in [4.69, 9.17) is 4.74 Å². The second-order valence-electron chi connectivity index (χ2n) is 7.37. The Hall–Kier alpha value is -3.27. The van der Waals surface area contributed by atoms with Crippen molar-refractivity contribution >= 4 is 11.9 Å². The van der Waals surface area contributed by atoms with E-state index >= 15 is 0 Å². The third-order valence-corrected chi connectivity index (χ3v) is 5.13. The maximum absolute atomic E-state index is 5.91. The third kappa shape index (κ3) is 5.38. The van der Waals surface area contributed by atoms with Crippen LogP contribution in [0, 0.1) is 6.92 Å². The number of rotatable bonds is 6. The van der Waals surface area contributed by atoms with E-state index in [1.54, 1.807) is 0 Å². The number of piperazine rings is 1. The molecule has 29 heavy (non-hydrogen) atoms. The quantitative estimate of drug-likeness (QED) is 0.574.